The summed E-state index contributed by atoms with van der Waals surface area (Å²) in [6, 6.07) is 0. The van der Waals surface area contributed by atoms with Gasteiger partial charge in [-0.1, -0.05) is 19.4 Å². The Labute approximate surface area is 443 Å². The van der Waals surface area contributed by atoms with Crippen LogP contribution < -0.4 is 0 Å². The van der Waals surface area contributed by atoms with E-state index in [0.717, 1.165) is 0 Å². The number of carbonyl (C=O) groups excluding carboxylic acids is 1. The van der Waals surface area contributed by atoms with Crippen LogP contribution >= 0.6 is 0 Å². The van der Waals surface area contributed by atoms with Crippen molar-refractivity contribution in [1.82, 2.24) is 0 Å². The minimum absolute atomic E-state index is 0.0450. The predicted molar refractivity (Wildman–Crippen MR) is 251 cm³/mol. The van der Waals surface area contributed by atoms with Crippen LogP contribution in [0.2, 0.25) is 0 Å². The molecule has 0 amide bonds. The summed E-state index contributed by atoms with van der Waals surface area (Å²) in [4.78, 5) is 15.1. The molecule has 7 rings (SSSR count). The zero-order chi connectivity index (χ0) is 56.4. The van der Waals surface area contributed by atoms with E-state index in [2.05, 4.69) is 13.5 Å². The molecule has 7 aliphatic rings. The second-order valence-electron chi connectivity index (χ2n) is 22.0. The monoisotopic (exact) mass is 1120 g/mol. The van der Waals surface area contributed by atoms with Gasteiger partial charge in [0.15, 0.2) is 31.3 Å². The van der Waals surface area contributed by atoms with Gasteiger partial charge >= 0.3 is 5.97 Å². The zero-order valence-electron chi connectivity index (χ0n) is 42.9. The van der Waals surface area contributed by atoms with Gasteiger partial charge < -0.3 is 134 Å². The van der Waals surface area contributed by atoms with Crippen LogP contribution in [-0.2, 0) is 52.2 Å². The molecule has 7 fully saturated rings. The van der Waals surface area contributed by atoms with E-state index in [9.17, 15) is 86.8 Å². The van der Waals surface area contributed by atoms with Crippen molar-refractivity contribution in [3.63, 3.8) is 0 Å². The first kappa shape index (κ1) is 62.8. The number of esters is 1. The lowest BCUT2D eigenvalue weighted by Crippen LogP contribution is -2.67. The van der Waals surface area contributed by atoms with Crippen LogP contribution in [-0.4, -0.2) is 286 Å². The SMILES string of the molecule is C=CCC1CC[C@H]2[C@@](C)(CCC[C@@]2(C)C(=O)OC2OC(CO)C(O)C(OC3OC(CO)C(O)C(O)C3O)C2OC2OC(CO)C(O)C(O)C2O)[C@@H]1CCCOC1OC(CO)C(O)C(O)C1OC1OC(CO)C(O)C(O)C1O. The number of aliphatic hydroxyl groups excluding tert-OH is 17. The molecule has 5 aliphatic heterocycles. The Bertz CT molecular complexity index is 1870. The van der Waals surface area contributed by atoms with Crippen molar-refractivity contribution in [3.8, 4) is 0 Å². The van der Waals surface area contributed by atoms with Crippen molar-refractivity contribution in [3.05, 3.63) is 12.7 Å². The van der Waals surface area contributed by atoms with Gasteiger partial charge in [-0.25, -0.2) is 0 Å². The second-order valence-corrected chi connectivity index (χ2v) is 22.0. The predicted octanol–water partition coefficient (Wildman–Crippen LogP) is -7.19. The first-order chi connectivity index (χ1) is 36.5. The Morgan fingerprint density at radius 3 is 1.43 bits per heavy atom. The third-order valence-electron chi connectivity index (χ3n) is 17.4. The minimum Gasteiger partial charge on any atom is -0.432 e. The standard InChI is InChI=1S/C49H82O28/c1-4-7-19-9-10-26-48(2,20(19)8-5-13-68-45-40(35(63)30(58)24(17-53)72-45)75-43-37(65)33(61)28(56)22(15-51)70-43)11-6-12-49(26,3)47(67)77-46-41(76-44-38(66)34(62)29(57)23(16-52)71-44)39(31(59)25(18-54)73-46)74-42-36(64)32(60)27(55)21(14-50)69-42/h4,19-46,50-66H,1,5-18H2,2-3H3/t19?,20-,21?,22?,23?,24?,25?,26+,27?,28?,29?,30?,31?,32?,33?,34?,35?,36?,37?,38?,39?,40?,41?,42?,43?,44?,45?,46?,48+,49-/m1/s1. The third kappa shape index (κ3) is 12.6. The van der Waals surface area contributed by atoms with Gasteiger partial charge in [-0.05, 0) is 75.0 Å². The molecule has 17 N–H and O–H groups in total. The van der Waals surface area contributed by atoms with Crippen molar-refractivity contribution in [2.24, 2.45) is 28.6 Å². The first-order valence-electron chi connectivity index (χ1n) is 26.4. The molecule has 0 spiro atoms. The Balaban J connectivity index is 1.11. The smallest absolute Gasteiger partial charge is 0.314 e. The third-order valence-corrected chi connectivity index (χ3v) is 17.4. The van der Waals surface area contributed by atoms with Gasteiger partial charge in [-0.3, -0.25) is 4.79 Å². The van der Waals surface area contributed by atoms with Crippen LogP contribution in [0.1, 0.15) is 65.2 Å². The Kier molecular flexibility index (Phi) is 21.7. The highest BCUT2D eigenvalue weighted by Gasteiger charge is 2.61. The molecule has 446 valence electrons. The summed E-state index contributed by atoms with van der Waals surface area (Å²) in [6.07, 6.45) is -38.2. The molecule has 2 saturated carbocycles. The van der Waals surface area contributed by atoms with Crippen molar-refractivity contribution >= 4 is 5.97 Å². The summed E-state index contributed by atoms with van der Waals surface area (Å²) in [5, 5.41) is 179. The summed E-state index contributed by atoms with van der Waals surface area (Å²) in [7, 11) is 0. The Morgan fingerprint density at radius 2 is 0.948 bits per heavy atom. The van der Waals surface area contributed by atoms with Crippen LogP contribution in [0.15, 0.2) is 12.7 Å². The zero-order valence-corrected chi connectivity index (χ0v) is 42.9. The topological polar surface area (TPSA) is 453 Å². The summed E-state index contributed by atoms with van der Waals surface area (Å²) in [6.45, 7) is 3.64. The molecule has 0 aromatic rings. The van der Waals surface area contributed by atoms with Gasteiger partial charge in [-0.15, -0.1) is 6.58 Å². The van der Waals surface area contributed by atoms with E-state index >= 15 is 4.79 Å². The molecule has 30 atom stereocenters. The van der Waals surface area contributed by atoms with Gasteiger partial charge in [0, 0.05) is 6.61 Å². The summed E-state index contributed by atoms with van der Waals surface area (Å²) in [5.41, 5.74) is -1.86. The average molecular weight is 1120 g/mol. The first-order valence-corrected chi connectivity index (χ1v) is 26.4. The highest BCUT2D eigenvalue weighted by molar-refractivity contribution is 5.77. The number of hydrogen-bond donors (Lipinski definition) is 17. The van der Waals surface area contributed by atoms with Crippen molar-refractivity contribution in [1.29, 1.82) is 0 Å². The van der Waals surface area contributed by atoms with Crippen LogP contribution in [0.4, 0.5) is 0 Å². The molecule has 0 aromatic heterocycles. The lowest BCUT2D eigenvalue weighted by atomic mass is 9.45. The lowest BCUT2D eigenvalue weighted by Gasteiger charge is -2.59. The fraction of sp³-hybridized carbons (Fsp3) is 0.939. The molecule has 0 bridgehead atoms. The summed E-state index contributed by atoms with van der Waals surface area (Å²) >= 11 is 0. The molecule has 2 aliphatic carbocycles. The van der Waals surface area contributed by atoms with E-state index in [-0.39, 0.29) is 24.4 Å². The molecule has 5 heterocycles. The fourth-order valence-corrected chi connectivity index (χ4v) is 12.9. The van der Waals surface area contributed by atoms with E-state index in [4.69, 9.17) is 47.4 Å². The molecule has 77 heavy (non-hydrogen) atoms. The number of allylic oxidation sites excluding steroid dienone is 1. The van der Waals surface area contributed by atoms with Crippen molar-refractivity contribution < 1.29 is 139 Å². The van der Waals surface area contributed by atoms with E-state index in [1.54, 1.807) is 6.92 Å². The fourth-order valence-electron chi connectivity index (χ4n) is 12.9. The van der Waals surface area contributed by atoms with Gasteiger partial charge in [0.05, 0.1) is 38.4 Å². The molecule has 5 saturated heterocycles. The second kappa shape index (κ2) is 26.6. The molecular weight excluding hydrogens is 1040 g/mol. The molecule has 28 heteroatoms. The summed E-state index contributed by atoms with van der Waals surface area (Å²) < 4.78 is 58.8. The maximum absolute atomic E-state index is 15.1. The van der Waals surface area contributed by atoms with E-state index in [1.165, 1.54) is 0 Å². The highest BCUT2D eigenvalue weighted by Crippen LogP contribution is 2.63. The quantitative estimate of drug-likeness (QED) is 0.0306. The van der Waals surface area contributed by atoms with E-state index in [0.29, 0.717) is 51.4 Å². The Morgan fingerprint density at radius 1 is 0.519 bits per heavy atom. The average Bonchev–Trinajstić information content (AvgIpc) is 3.41. The number of carbonyl (C=O) groups is 1. The molecular formula is C49H82O28. The van der Waals surface area contributed by atoms with Gasteiger partial charge in [-0.2, -0.15) is 0 Å². The van der Waals surface area contributed by atoms with Crippen molar-refractivity contribution in [2.75, 3.05) is 39.6 Å². The van der Waals surface area contributed by atoms with E-state index < -0.39 is 203 Å². The van der Waals surface area contributed by atoms with Crippen LogP contribution in [0.25, 0.3) is 0 Å². The largest absolute Gasteiger partial charge is 0.432 e. The molecule has 0 radical (unpaired) electrons. The normalized spacial score (nSPS) is 50.6. The summed E-state index contributed by atoms with van der Waals surface area (Å²) in [5.74, 6) is -1.22. The number of ether oxygens (including phenoxy) is 10. The van der Waals surface area contributed by atoms with Gasteiger partial charge in [0.25, 0.3) is 0 Å². The maximum atomic E-state index is 15.1. The maximum Gasteiger partial charge on any atom is 0.314 e. The molecule has 26 unspecified atom stereocenters. The van der Waals surface area contributed by atoms with Crippen molar-refractivity contribution in [2.45, 2.75) is 219 Å². The number of fused-ring (bicyclic) bond motifs is 1. The minimum atomic E-state index is -2.05. The number of hydrogen-bond acceptors (Lipinski definition) is 28. The number of rotatable bonds is 20. The van der Waals surface area contributed by atoms with E-state index in [1.807, 2.05) is 6.08 Å². The van der Waals surface area contributed by atoms with Crippen LogP contribution in [0, 0.1) is 28.6 Å². The van der Waals surface area contributed by atoms with Crippen LogP contribution in [0.3, 0.4) is 0 Å². The van der Waals surface area contributed by atoms with Gasteiger partial charge in [0.1, 0.15) is 116 Å². The molecule has 28 nitrogen and oxygen atoms in total. The number of aliphatic hydroxyl groups is 17. The molecule has 0 aromatic carbocycles. The Hall–Kier alpha value is -1.83. The highest BCUT2D eigenvalue weighted by atomic mass is 16.8. The lowest BCUT2D eigenvalue weighted by molar-refractivity contribution is -0.388. The van der Waals surface area contributed by atoms with Crippen LogP contribution in [0.5, 0.6) is 0 Å². The van der Waals surface area contributed by atoms with Gasteiger partial charge in [0.2, 0.25) is 6.29 Å².